The predicted molar refractivity (Wildman–Crippen MR) is 79.4 cm³/mol. The molecule has 1 N–H and O–H groups in total. The van der Waals surface area contributed by atoms with Crippen LogP contribution in [0.4, 0.5) is 0 Å². The van der Waals surface area contributed by atoms with Gasteiger partial charge in [-0.05, 0) is 32.2 Å². The second kappa shape index (κ2) is 6.25. The first-order valence-electron chi connectivity index (χ1n) is 7.93. The zero-order valence-electron chi connectivity index (χ0n) is 13.1. The summed E-state index contributed by atoms with van der Waals surface area (Å²) in [5.41, 5.74) is -0.302. The van der Waals surface area contributed by atoms with Gasteiger partial charge in [0.05, 0.1) is 5.92 Å². The molecule has 2 saturated heterocycles. The number of hydrogen-bond acceptors (Lipinski definition) is 3. The van der Waals surface area contributed by atoms with Gasteiger partial charge in [0.25, 0.3) is 0 Å². The van der Waals surface area contributed by atoms with Gasteiger partial charge in [-0.15, -0.1) is 0 Å². The molecule has 0 radical (unpaired) electrons. The molecule has 0 saturated carbocycles. The summed E-state index contributed by atoms with van der Waals surface area (Å²) in [4.78, 5) is 26.9. The third kappa shape index (κ3) is 3.60. The van der Waals surface area contributed by atoms with E-state index in [0.29, 0.717) is 12.3 Å². The molecule has 0 spiro atoms. The summed E-state index contributed by atoms with van der Waals surface area (Å²) in [6.07, 6.45) is 3.95. The molecule has 114 valence electrons. The Hall–Kier alpha value is -0.900. The molecule has 2 rings (SSSR count). The molecule has 0 aromatic carbocycles. The minimum Gasteiger partial charge on any atom is -0.342 e. The first-order valence-corrected chi connectivity index (χ1v) is 7.93. The molecule has 4 nitrogen and oxygen atoms in total. The summed E-state index contributed by atoms with van der Waals surface area (Å²) in [6.45, 7) is 9.19. The van der Waals surface area contributed by atoms with E-state index in [1.54, 1.807) is 0 Å². The SMILES string of the molecule is CC(C)(C)C(=O)C1CCCN(C(=O)[C@H]2CCCNC2)C1. The van der Waals surface area contributed by atoms with Crippen LogP contribution in [0.3, 0.4) is 0 Å². The molecule has 1 unspecified atom stereocenters. The number of piperidine rings is 2. The smallest absolute Gasteiger partial charge is 0.226 e. The Balaban J connectivity index is 1.96. The quantitative estimate of drug-likeness (QED) is 0.839. The molecule has 0 aromatic rings. The largest absolute Gasteiger partial charge is 0.342 e. The molecule has 20 heavy (non-hydrogen) atoms. The lowest BCUT2D eigenvalue weighted by Crippen LogP contribution is -2.49. The number of Topliss-reactive ketones (excluding diaryl/α,β-unsaturated/α-hetero) is 1. The van der Waals surface area contributed by atoms with Crippen LogP contribution >= 0.6 is 0 Å². The molecule has 2 aliphatic heterocycles. The summed E-state index contributed by atoms with van der Waals surface area (Å²) in [5, 5.41) is 3.30. The fourth-order valence-electron chi connectivity index (χ4n) is 3.32. The van der Waals surface area contributed by atoms with Crippen molar-refractivity contribution in [2.45, 2.75) is 46.5 Å². The second-order valence-corrected chi connectivity index (χ2v) is 7.28. The summed E-state index contributed by atoms with van der Waals surface area (Å²) in [7, 11) is 0. The van der Waals surface area contributed by atoms with E-state index < -0.39 is 0 Å². The Morgan fingerprint density at radius 2 is 1.80 bits per heavy atom. The summed E-state index contributed by atoms with van der Waals surface area (Å²) < 4.78 is 0. The Morgan fingerprint density at radius 1 is 1.10 bits per heavy atom. The Labute approximate surface area is 122 Å². The van der Waals surface area contributed by atoms with Crippen LogP contribution < -0.4 is 5.32 Å². The number of carbonyl (C=O) groups excluding carboxylic acids is 2. The van der Waals surface area contributed by atoms with Crippen molar-refractivity contribution in [2.75, 3.05) is 26.2 Å². The molecule has 2 heterocycles. The molecule has 0 bridgehead atoms. The molecule has 2 atom stereocenters. The van der Waals surface area contributed by atoms with E-state index in [-0.39, 0.29) is 23.2 Å². The fraction of sp³-hybridized carbons (Fsp3) is 0.875. The number of hydrogen-bond donors (Lipinski definition) is 1. The predicted octanol–water partition coefficient (Wildman–Crippen LogP) is 1.84. The van der Waals surface area contributed by atoms with Gasteiger partial charge in [0.1, 0.15) is 5.78 Å². The molecule has 2 aliphatic rings. The third-order valence-electron chi connectivity index (χ3n) is 4.49. The van der Waals surface area contributed by atoms with Gasteiger partial charge in [-0.25, -0.2) is 0 Å². The average Bonchev–Trinajstić information content (AvgIpc) is 2.46. The van der Waals surface area contributed by atoms with Crippen LogP contribution in [-0.4, -0.2) is 42.8 Å². The van der Waals surface area contributed by atoms with Gasteiger partial charge in [-0.1, -0.05) is 20.8 Å². The van der Waals surface area contributed by atoms with Crippen molar-refractivity contribution in [3.05, 3.63) is 0 Å². The minimum atomic E-state index is -0.302. The minimum absolute atomic E-state index is 0.0317. The third-order valence-corrected chi connectivity index (χ3v) is 4.49. The van der Waals surface area contributed by atoms with Crippen LogP contribution in [0.5, 0.6) is 0 Å². The number of rotatable bonds is 2. The van der Waals surface area contributed by atoms with Crippen molar-refractivity contribution in [2.24, 2.45) is 17.3 Å². The highest BCUT2D eigenvalue weighted by Crippen LogP contribution is 2.28. The van der Waals surface area contributed by atoms with Crippen molar-refractivity contribution in [3.8, 4) is 0 Å². The number of amides is 1. The molecule has 0 aromatic heterocycles. The molecular weight excluding hydrogens is 252 g/mol. The van der Waals surface area contributed by atoms with Crippen molar-refractivity contribution in [1.29, 1.82) is 0 Å². The van der Waals surface area contributed by atoms with Gasteiger partial charge in [0.2, 0.25) is 5.91 Å². The molecule has 0 aliphatic carbocycles. The van der Waals surface area contributed by atoms with E-state index in [1.165, 1.54) is 0 Å². The lowest BCUT2D eigenvalue weighted by Gasteiger charge is -2.37. The number of ketones is 1. The monoisotopic (exact) mass is 280 g/mol. The zero-order chi connectivity index (χ0) is 14.8. The van der Waals surface area contributed by atoms with Crippen LogP contribution in [0.15, 0.2) is 0 Å². The maximum absolute atomic E-state index is 12.5. The average molecular weight is 280 g/mol. The lowest BCUT2D eigenvalue weighted by atomic mass is 9.79. The highest BCUT2D eigenvalue weighted by molar-refractivity contribution is 5.87. The summed E-state index contributed by atoms with van der Waals surface area (Å²) >= 11 is 0. The molecule has 1 amide bonds. The van der Waals surface area contributed by atoms with E-state index >= 15 is 0 Å². The standard InChI is InChI=1S/C16H28N2O2/c1-16(2,3)14(19)13-7-5-9-18(11-13)15(20)12-6-4-8-17-10-12/h12-13,17H,4-11H2,1-3H3/t12-,13?/m0/s1. The van der Waals surface area contributed by atoms with Crippen LogP contribution in [0.1, 0.15) is 46.5 Å². The topological polar surface area (TPSA) is 49.4 Å². The second-order valence-electron chi connectivity index (χ2n) is 7.28. The van der Waals surface area contributed by atoms with Crippen molar-refractivity contribution >= 4 is 11.7 Å². The maximum atomic E-state index is 12.5. The van der Waals surface area contributed by atoms with Gasteiger partial charge in [0, 0.05) is 31.0 Å². The lowest BCUT2D eigenvalue weighted by molar-refractivity contribution is -0.141. The molecule has 2 fully saturated rings. The van der Waals surface area contributed by atoms with Crippen molar-refractivity contribution < 1.29 is 9.59 Å². The van der Waals surface area contributed by atoms with Crippen LogP contribution in [0, 0.1) is 17.3 Å². The maximum Gasteiger partial charge on any atom is 0.226 e. The Morgan fingerprint density at radius 3 is 2.40 bits per heavy atom. The number of carbonyl (C=O) groups is 2. The van der Waals surface area contributed by atoms with Crippen molar-refractivity contribution in [1.82, 2.24) is 10.2 Å². The molecular formula is C16H28N2O2. The fourth-order valence-corrected chi connectivity index (χ4v) is 3.32. The van der Waals surface area contributed by atoms with Gasteiger partial charge < -0.3 is 10.2 Å². The number of likely N-dealkylation sites (tertiary alicyclic amines) is 1. The van der Waals surface area contributed by atoms with Crippen LogP contribution in [-0.2, 0) is 9.59 Å². The number of nitrogens with zero attached hydrogens (tertiary/aromatic N) is 1. The van der Waals surface area contributed by atoms with Gasteiger partial charge in [0.15, 0.2) is 0 Å². The summed E-state index contributed by atoms with van der Waals surface area (Å²) in [5.74, 6) is 0.705. The van der Waals surface area contributed by atoms with Gasteiger partial charge >= 0.3 is 0 Å². The van der Waals surface area contributed by atoms with E-state index in [1.807, 2.05) is 25.7 Å². The van der Waals surface area contributed by atoms with E-state index in [9.17, 15) is 9.59 Å². The van der Waals surface area contributed by atoms with Gasteiger partial charge in [-0.3, -0.25) is 9.59 Å². The summed E-state index contributed by atoms with van der Waals surface area (Å²) in [6, 6.07) is 0. The Kier molecular flexibility index (Phi) is 4.84. The van der Waals surface area contributed by atoms with Crippen LogP contribution in [0.25, 0.3) is 0 Å². The van der Waals surface area contributed by atoms with E-state index in [0.717, 1.165) is 45.3 Å². The first-order chi connectivity index (χ1) is 9.39. The highest BCUT2D eigenvalue weighted by Gasteiger charge is 2.35. The van der Waals surface area contributed by atoms with Gasteiger partial charge in [-0.2, -0.15) is 0 Å². The van der Waals surface area contributed by atoms with Crippen molar-refractivity contribution in [3.63, 3.8) is 0 Å². The zero-order valence-corrected chi connectivity index (χ0v) is 13.1. The normalized spacial score (nSPS) is 28.2. The Bertz CT molecular complexity index is 367. The first kappa shape index (κ1) is 15.5. The molecule has 4 heteroatoms. The van der Waals surface area contributed by atoms with E-state index in [4.69, 9.17) is 0 Å². The number of nitrogens with one attached hydrogen (secondary N) is 1. The highest BCUT2D eigenvalue weighted by atomic mass is 16.2. The van der Waals surface area contributed by atoms with Crippen LogP contribution in [0.2, 0.25) is 0 Å². The van der Waals surface area contributed by atoms with E-state index in [2.05, 4.69) is 5.32 Å².